The number of carbonyl (C=O) groups is 1. The van der Waals surface area contributed by atoms with Crippen molar-refractivity contribution >= 4 is 5.97 Å². The Balaban J connectivity index is 3.05. The molecule has 0 spiro atoms. The van der Waals surface area contributed by atoms with Gasteiger partial charge in [0.15, 0.2) is 0 Å². The van der Waals surface area contributed by atoms with Gasteiger partial charge in [0.2, 0.25) is 0 Å². The number of esters is 1. The summed E-state index contributed by atoms with van der Waals surface area (Å²) in [6, 6.07) is 4.10. The molecule has 0 bridgehead atoms. The number of hydrogen-bond donors (Lipinski definition) is 1. The monoisotopic (exact) mass is 254 g/mol. The minimum absolute atomic E-state index is 0.261. The Kier molecular flexibility index (Phi) is 4.46. The van der Waals surface area contributed by atoms with Crippen LogP contribution in [0.5, 0.6) is 0 Å². The van der Waals surface area contributed by atoms with Crippen LogP contribution in [-0.2, 0) is 9.53 Å². The summed E-state index contributed by atoms with van der Waals surface area (Å²) in [5.74, 6) is -0.835. The first-order valence-corrected chi connectivity index (χ1v) is 5.92. The minimum atomic E-state index is -1.07. The van der Waals surface area contributed by atoms with Crippen LogP contribution < -0.4 is 0 Å². The van der Waals surface area contributed by atoms with E-state index in [1.54, 1.807) is 27.7 Å². The van der Waals surface area contributed by atoms with Crippen LogP contribution in [0, 0.1) is 18.2 Å². The molecular weight excluding hydrogens is 235 g/mol. The number of benzene rings is 1. The van der Waals surface area contributed by atoms with Gasteiger partial charge in [0.05, 0.1) is 18.1 Å². The summed E-state index contributed by atoms with van der Waals surface area (Å²) in [5, 5.41) is 10.3. The molecule has 100 valence electrons. The molecule has 1 aromatic carbocycles. The maximum atomic E-state index is 13.0. The van der Waals surface area contributed by atoms with Crippen LogP contribution in [0.1, 0.15) is 38.0 Å². The number of rotatable bonds is 4. The minimum Gasteiger partial charge on any atom is -0.465 e. The molecule has 1 unspecified atom stereocenters. The van der Waals surface area contributed by atoms with Crippen LogP contribution in [0.25, 0.3) is 0 Å². The molecule has 1 N–H and O–H groups in total. The van der Waals surface area contributed by atoms with Gasteiger partial charge < -0.3 is 9.84 Å². The third-order valence-electron chi connectivity index (χ3n) is 3.01. The van der Waals surface area contributed by atoms with E-state index in [-0.39, 0.29) is 12.4 Å². The lowest BCUT2D eigenvalue weighted by Crippen LogP contribution is -2.33. The molecule has 0 heterocycles. The SMILES string of the molecule is CCOC(=O)C(C)(C)C(O)c1ccc(F)cc1C. The fourth-order valence-corrected chi connectivity index (χ4v) is 1.76. The lowest BCUT2D eigenvalue weighted by Gasteiger charge is -2.29. The van der Waals surface area contributed by atoms with Crippen molar-refractivity contribution in [2.24, 2.45) is 5.41 Å². The first kappa shape index (κ1) is 14.6. The van der Waals surface area contributed by atoms with Gasteiger partial charge in [-0.25, -0.2) is 4.39 Å². The van der Waals surface area contributed by atoms with Gasteiger partial charge in [0.25, 0.3) is 0 Å². The van der Waals surface area contributed by atoms with Gasteiger partial charge in [-0.15, -0.1) is 0 Å². The summed E-state index contributed by atoms with van der Waals surface area (Å²) < 4.78 is 18.0. The van der Waals surface area contributed by atoms with Crippen LogP contribution in [0.2, 0.25) is 0 Å². The van der Waals surface area contributed by atoms with E-state index in [0.29, 0.717) is 11.1 Å². The first-order chi connectivity index (χ1) is 8.30. The van der Waals surface area contributed by atoms with Crippen molar-refractivity contribution in [1.82, 2.24) is 0 Å². The van der Waals surface area contributed by atoms with E-state index < -0.39 is 17.5 Å². The highest BCUT2D eigenvalue weighted by Gasteiger charge is 2.38. The van der Waals surface area contributed by atoms with Crippen molar-refractivity contribution < 1.29 is 19.0 Å². The third kappa shape index (κ3) is 2.88. The molecule has 0 saturated heterocycles. The molecule has 18 heavy (non-hydrogen) atoms. The molecule has 0 aliphatic rings. The fraction of sp³-hybridized carbons (Fsp3) is 0.500. The Morgan fingerprint density at radius 3 is 2.61 bits per heavy atom. The van der Waals surface area contributed by atoms with Gasteiger partial charge in [0, 0.05) is 0 Å². The molecule has 0 aliphatic carbocycles. The van der Waals surface area contributed by atoms with Gasteiger partial charge in [0.1, 0.15) is 5.82 Å². The van der Waals surface area contributed by atoms with E-state index in [1.165, 1.54) is 18.2 Å². The molecule has 0 saturated carbocycles. The predicted molar refractivity (Wildman–Crippen MR) is 66.5 cm³/mol. The lowest BCUT2D eigenvalue weighted by molar-refractivity contribution is -0.160. The van der Waals surface area contributed by atoms with Gasteiger partial charge in [-0.05, 0) is 51.0 Å². The molecule has 4 heteroatoms. The van der Waals surface area contributed by atoms with E-state index in [9.17, 15) is 14.3 Å². The van der Waals surface area contributed by atoms with Gasteiger partial charge in [-0.2, -0.15) is 0 Å². The van der Waals surface area contributed by atoms with E-state index >= 15 is 0 Å². The summed E-state index contributed by atoms with van der Waals surface area (Å²) in [6.45, 7) is 6.89. The largest absolute Gasteiger partial charge is 0.465 e. The first-order valence-electron chi connectivity index (χ1n) is 5.92. The number of halogens is 1. The molecule has 3 nitrogen and oxygen atoms in total. The lowest BCUT2D eigenvalue weighted by atomic mass is 9.81. The average molecular weight is 254 g/mol. The van der Waals surface area contributed by atoms with E-state index in [1.807, 2.05) is 0 Å². The number of carbonyl (C=O) groups excluding carboxylic acids is 1. The van der Waals surface area contributed by atoms with Gasteiger partial charge in [-0.3, -0.25) is 4.79 Å². The van der Waals surface area contributed by atoms with E-state index in [4.69, 9.17) is 4.74 Å². The van der Waals surface area contributed by atoms with Gasteiger partial charge >= 0.3 is 5.97 Å². The summed E-state index contributed by atoms with van der Waals surface area (Å²) in [7, 11) is 0. The zero-order valence-corrected chi connectivity index (χ0v) is 11.2. The predicted octanol–water partition coefficient (Wildman–Crippen LogP) is 2.76. The molecule has 0 aliphatic heterocycles. The number of aliphatic hydroxyl groups is 1. The van der Waals surface area contributed by atoms with Crippen LogP contribution in [-0.4, -0.2) is 17.7 Å². The topological polar surface area (TPSA) is 46.5 Å². The Labute approximate surface area is 107 Å². The normalized spacial score (nSPS) is 13.2. The zero-order valence-electron chi connectivity index (χ0n) is 11.2. The van der Waals surface area contributed by atoms with Crippen molar-refractivity contribution in [2.45, 2.75) is 33.8 Å². The van der Waals surface area contributed by atoms with Gasteiger partial charge in [-0.1, -0.05) is 6.07 Å². The van der Waals surface area contributed by atoms with E-state index in [0.717, 1.165) is 0 Å². The molecule has 1 aromatic rings. The number of ether oxygens (including phenoxy) is 1. The average Bonchev–Trinajstić information content (AvgIpc) is 2.28. The molecule has 0 amide bonds. The quantitative estimate of drug-likeness (QED) is 0.840. The van der Waals surface area contributed by atoms with Crippen molar-refractivity contribution in [3.63, 3.8) is 0 Å². The second-order valence-electron chi connectivity index (χ2n) is 4.85. The molecule has 0 radical (unpaired) electrons. The summed E-state index contributed by atoms with van der Waals surface area (Å²) in [4.78, 5) is 11.8. The van der Waals surface area contributed by atoms with Crippen LogP contribution in [0.4, 0.5) is 4.39 Å². The fourth-order valence-electron chi connectivity index (χ4n) is 1.76. The standard InChI is InChI=1S/C14H19FO3/c1-5-18-13(17)14(3,4)12(16)11-7-6-10(15)8-9(11)2/h6-8,12,16H,5H2,1-4H3. The number of aryl methyl sites for hydroxylation is 1. The summed E-state index contributed by atoms with van der Waals surface area (Å²) >= 11 is 0. The highest BCUT2D eigenvalue weighted by Crippen LogP contribution is 2.36. The highest BCUT2D eigenvalue weighted by molar-refractivity contribution is 5.77. The van der Waals surface area contributed by atoms with Crippen LogP contribution >= 0.6 is 0 Å². The summed E-state index contributed by atoms with van der Waals surface area (Å²) in [6.07, 6.45) is -1.03. The molecule has 0 fully saturated rings. The van der Waals surface area contributed by atoms with Crippen molar-refractivity contribution in [2.75, 3.05) is 6.61 Å². The van der Waals surface area contributed by atoms with Crippen molar-refractivity contribution in [1.29, 1.82) is 0 Å². The Bertz CT molecular complexity index is 441. The smallest absolute Gasteiger partial charge is 0.314 e. The third-order valence-corrected chi connectivity index (χ3v) is 3.01. The second kappa shape index (κ2) is 5.48. The molecule has 0 aromatic heterocycles. The zero-order chi connectivity index (χ0) is 13.9. The van der Waals surface area contributed by atoms with Crippen LogP contribution in [0.3, 0.4) is 0 Å². The van der Waals surface area contributed by atoms with Crippen molar-refractivity contribution in [3.05, 3.63) is 35.1 Å². The van der Waals surface area contributed by atoms with E-state index in [2.05, 4.69) is 0 Å². The molecule has 1 atom stereocenters. The van der Waals surface area contributed by atoms with Crippen LogP contribution in [0.15, 0.2) is 18.2 Å². The number of aliphatic hydroxyl groups excluding tert-OH is 1. The Hall–Kier alpha value is -1.42. The second-order valence-corrected chi connectivity index (χ2v) is 4.85. The Morgan fingerprint density at radius 1 is 1.50 bits per heavy atom. The maximum Gasteiger partial charge on any atom is 0.314 e. The number of hydrogen-bond acceptors (Lipinski definition) is 3. The Morgan fingerprint density at radius 2 is 2.11 bits per heavy atom. The molecular formula is C14H19FO3. The molecule has 1 rings (SSSR count). The highest BCUT2D eigenvalue weighted by atomic mass is 19.1. The summed E-state index contributed by atoms with van der Waals surface area (Å²) in [5.41, 5.74) is 0.0767. The van der Waals surface area contributed by atoms with Crippen molar-refractivity contribution in [3.8, 4) is 0 Å². The maximum absolute atomic E-state index is 13.0.